The van der Waals surface area contributed by atoms with E-state index in [0.717, 1.165) is 11.3 Å². The molecule has 0 saturated heterocycles. The van der Waals surface area contributed by atoms with Crippen LogP contribution in [0.1, 0.15) is 21.7 Å². The number of rotatable bonds is 8. The second-order valence-corrected chi connectivity index (χ2v) is 7.33. The lowest BCUT2D eigenvalue weighted by Gasteiger charge is -2.08. The van der Waals surface area contributed by atoms with Gasteiger partial charge in [0.15, 0.2) is 16.4 Å². The summed E-state index contributed by atoms with van der Waals surface area (Å²) in [4.78, 5) is 12.7. The first-order chi connectivity index (χ1) is 15.1. The van der Waals surface area contributed by atoms with Crippen molar-refractivity contribution >= 4 is 18.0 Å². The van der Waals surface area contributed by atoms with Gasteiger partial charge in [-0.15, -0.1) is 0 Å². The van der Waals surface area contributed by atoms with Crippen molar-refractivity contribution in [3.05, 3.63) is 112 Å². The molecule has 0 fully saturated rings. The molecule has 0 saturated carbocycles. The highest BCUT2D eigenvalue weighted by molar-refractivity contribution is 7.71. The highest BCUT2D eigenvalue weighted by Gasteiger charge is 2.15. The molecule has 4 rings (SSSR count). The Balaban J connectivity index is 1.61. The third-order valence-corrected chi connectivity index (χ3v) is 5.18. The normalized spacial score (nSPS) is 10.7. The maximum Gasteiger partial charge on any atom is 0.198 e. The summed E-state index contributed by atoms with van der Waals surface area (Å²) in [7, 11) is 0. The number of hydrogen-bond acceptors (Lipinski definition) is 4. The van der Waals surface area contributed by atoms with Crippen LogP contribution in [0.2, 0.25) is 0 Å². The lowest BCUT2D eigenvalue weighted by Crippen LogP contribution is -2.12. The van der Waals surface area contributed by atoms with Crippen molar-refractivity contribution in [1.29, 1.82) is 0 Å². The average molecular weight is 434 g/mol. The van der Waals surface area contributed by atoms with Gasteiger partial charge in [-0.3, -0.25) is 9.36 Å². The number of aromatic nitrogens is 3. The van der Waals surface area contributed by atoms with Crippen LogP contribution in [0.4, 0.5) is 4.39 Å². The molecule has 1 heterocycles. The van der Waals surface area contributed by atoms with E-state index in [2.05, 4.69) is 5.10 Å². The van der Waals surface area contributed by atoms with E-state index in [1.165, 1.54) is 28.9 Å². The zero-order valence-electron chi connectivity index (χ0n) is 16.6. The van der Waals surface area contributed by atoms with Crippen molar-refractivity contribution in [2.24, 2.45) is 0 Å². The summed E-state index contributed by atoms with van der Waals surface area (Å²) in [5.74, 6) is 0.748. The Labute approximate surface area is 184 Å². The molecule has 0 amide bonds. The van der Waals surface area contributed by atoms with E-state index >= 15 is 0 Å². The number of hydrogen-bond donors (Lipinski definition) is 0. The first-order valence-corrected chi connectivity index (χ1v) is 10.2. The molecular weight excluding hydrogens is 413 g/mol. The van der Waals surface area contributed by atoms with E-state index in [1.807, 2.05) is 65.2 Å². The van der Waals surface area contributed by atoms with Gasteiger partial charge < -0.3 is 4.74 Å². The first-order valence-electron chi connectivity index (χ1n) is 9.77. The van der Waals surface area contributed by atoms with Crippen molar-refractivity contribution in [2.45, 2.75) is 19.7 Å². The number of para-hydroxylation sites is 1. The van der Waals surface area contributed by atoms with Crippen LogP contribution in [0.3, 0.4) is 0 Å². The van der Waals surface area contributed by atoms with E-state index in [0.29, 0.717) is 22.7 Å². The predicted octanol–water partition coefficient (Wildman–Crippen LogP) is 5.06. The Kier molecular flexibility index (Phi) is 6.33. The molecule has 0 aliphatic carbocycles. The molecule has 0 N–H and O–H groups in total. The summed E-state index contributed by atoms with van der Waals surface area (Å²) in [6, 6.07) is 24.8. The Morgan fingerprint density at radius 3 is 2.26 bits per heavy atom. The third-order valence-electron chi connectivity index (χ3n) is 4.75. The van der Waals surface area contributed by atoms with Gasteiger partial charge in [0, 0.05) is 5.56 Å². The molecular formula is C24H20FN3O2S. The van der Waals surface area contributed by atoms with E-state index in [9.17, 15) is 9.18 Å². The van der Waals surface area contributed by atoms with Crippen molar-refractivity contribution < 1.29 is 13.9 Å². The van der Waals surface area contributed by atoms with Gasteiger partial charge >= 0.3 is 0 Å². The van der Waals surface area contributed by atoms with Crippen LogP contribution in [0.15, 0.2) is 84.9 Å². The molecule has 0 aliphatic rings. The van der Waals surface area contributed by atoms with Crippen LogP contribution in [-0.2, 0) is 19.7 Å². The number of halogens is 1. The summed E-state index contributed by atoms with van der Waals surface area (Å²) in [6.07, 6.45) is 0. The molecule has 3 aromatic carbocycles. The second-order valence-electron chi connectivity index (χ2n) is 6.96. The van der Waals surface area contributed by atoms with Crippen LogP contribution in [-0.4, -0.2) is 20.1 Å². The number of benzene rings is 3. The third kappa shape index (κ3) is 5.13. The van der Waals surface area contributed by atoms with Crippen molar-refractivity contribution in [2.75, 3.05) is 0 Å². The number of ether oxygens (including phenoxy) is 1. The average Bonchev–Trinajstić information content (AvgIpc) is 3.08. The monoisotopic (exact) mass is 433 g/mol. The summed E-state index contributed by atoms with van der Waals surface area (Å²) in [6.45, 7) is 0.681. The van der Waals surface area contributed by atoms with Crippen molar-refractivity contribution in [3.8, 4) is 5.75 Å². The molecule has 5 nitrogen and oxygen atoms in total. The molecule has 0 unspecified atom stereocenters. The molecule has 1 aromatic heterocycles. The van der Waals surface area contributed by atoms with Gasteiger partial charge in [-0.05, 0) is 54.2 Å². The highest BCUT2D eigenvalue weighted by atomic mass is 32.1. The zero-order chi connectivity index (χ0) is 21.6. The Hall–Kier alpha value is -3.58. The highest BCUT2D eigenvalue weighted by Crippen LogP contribution is 2.14. The van der Waals surface area contributed by atoms with E-state index in [-0.39, 0.29) is 24.8 Å². The van der Waals surface area contributed by atoms with Crippen LogP contribution >= 0.6 is 12.2 Å². The van der Waals surface area contributed by atoms with E-state index < -0.39 is 0 Å². The van der Waals surface area contributed by atoms with Crippen LogP contribution in [0.25, 0.3) is 0 Å². The van der Waals surface area contributed by atoms with E-state index in [1.54, 1.807) is 0 Å². The van der Waals surface area contributed by atoms with Crippen LogP contribution in [0.5, 0.6) is 5.75 Å². The van der Waals surface area contributed by atoms with Gasteiger partial charge in [0.25, 0.3) is 0 Å². The fourth-order valence-corrected chi connectivity index (χ4v) is 3.42. The van der Waals surface area contributed by atoms with Crippen LogP contribution in [0, 0.1) is 10.6 Å². The first kappa shape index (κ1) is 20.7. The minimum Gasteiger partial charge on any atom is -0.486 e. The number of carbonyl (C=O) groups excluding carboxylic acids is 1. The molecule has 0 radical (unpaired) electrons. The molecule has 0 bridgehead atoms. The molecule has 7 heteroatoms. The molecule has 0 aliphatic heterocycles. The summed E-state index contributed by atoms with van der Waals surface area (Å²) in [5.41, 5.74) is 1.46. The maximum atomic E-state index is 13.2. The van der Waals surface area contributed by atoms with Gasteiger partial charge in [0.1, 0.15) is 24.7 Å². The Morgan fingerprint density at radius 2 is 1.58 bits per heavy atom. The molecule has 0 atom stereocenters. The fourth-order valence-electron chi connectivity index (χ4n) is 3.15. The summed E-state index contributed by atoms with van der Waals surface area (Å²) in [5, 5.41) is 4.56. The topological polar surface area (TPSA) is 49.1 Å². The summed E-state index contributed by atoms with van der Waals surface area (Å²) < 4.78 is 22.8. The molecule has 4 aromatic rings. The summed E-state index contributed by atoms with van der Waals surface area (Å²) >= 11 is 5.63. The maximum absolute atomic E-state index is 13.2. The quantitative estimate of drug-likeness (QED) is 0.288. The lowest BCUT2D eigenvalue weighted by atomic mass is 10.1. The molecule has 156 valence electrons. The lowest BCUT2D eigenvalue weighted by molar-refractivity contribution is 0.0966. The van der Waals surface area contributed by atoms with Crippen molar-refractivity contribution in [1.82, 2.24) is 14.3 Å². The van der Waals surface area contributed by atoms with Gasteiger partial charge in [-0.2, -0.15) is 5.10 Å². The number of Topliss-reactive ketones (excluding diaryl/α,β-unsaturated/α-hetero) is 1. The zero-order valence-corrected chi connectivity index (χ0v) is 17.5. The molecule has 31 heavy (non-hydrogen) atoms. The Morgan fingerprint density at radius 1 is 0.935 bits per heavy atom. The minimum absolute atomic E-state index is 0.0371. The van der Waals surface area contributed by atoms with Crippen LogP contribution < -0.4 is 4.74 Å². The minimum atomic E-state index is -0.388. The number of ketones is 1. The standard InChI is InChI=1S/C24H20FN3O2S/c25-20-13-11-19(12-14-20)22(29)16-28-24(31)27(15-18-7-3-1-4-8-18)23(26-28)17-30-21-9-5-2-6-10-21/h1-14H,15-17H2. The fraction of sp³-hybridized carbons (Fsp3) is 0.125. The smallest absolute Gasteiger partial charge is 0.198 e. The number of nitrogens with zero attached hydrogens (tertiary/aromatic N) is 3. The Bertz CT molecular complexity index is 1220. The number of carbonyl (C=O) groups is 1. The van der Waals surface area contributed by atoms with Gasteiger partial charge in [0.05, 0.1) is 6.54 Å². The second kappa shape index (κ2) is 9.49. The molecule has 0 spiro atoms. The van der Waals surface area contributed by atoms with Crippen molar-refractivity contribution in [3.63, 3.8) is 0 Å². The predicted molar refractivity (Wildman–Crippen MR) is 118 cm³/mol. The largest absolute Gasteiger partial charge is 0.486 e. The SMILES string of the molecule is O=C(Cn1nc(COc2ccccc2)n(Cc2ccccc2)c1=S)c1ccc(F)cc1. The van der Waals surface area contributed by atoms with Gasteiger partial charge in [-0.1, -0.05) is 48.5 Å². The van der Waals surface area contributed by atoms with E-state index in [4.69, 9.17) is 17.0 Å². The van der Waals surface area contributed by atoms with Gasteiger partial charge in [0.2, 0.25) is 0 Å². The van der Waals surface area contributed by atoms with Gasteiger partial charge in [-0.25, -0.2) is 9.07 Å².